The van der Waals surface area contributed by atoms with Gasteiger partial charge >= 0.3 is 12.0 Å². The van der Waals surface area contributed by atoms with Crippen LogP contribution in [0.3, 0.4) is 0 Å². The number of hydrogen-bond donors (Lipinski definition) is 2. The Bertz CT molecular complexity index is 317. The van der Waals surface area contributed by atoms with E-state index in [2.05, 4.69) is 10.2 Å². The van der Waals surface area contributed by atoms with E-state index in [0.29, 0.717) is 13.1 Å². The van der Waals surface area contributed by atoms with Crippen molar-refractivity contribution in [3.05, 3.63) is 0 Å². The SMILES string of the molecule is CCN(C(=O)NCCCN1CCCC1)C(C)CC(=O)O. The highest BCUT2D eigenvalue weighted by atomic mass is 16.4. The summed E-state index contributed by atoms with van der Waals surface area (Å²) in [6.45, 7) is 8.16. The summed E-state index contributed by atoms with van der Waals surface area (Å²) in [5.74, 6) is -0.877. The Morgan fingerprint density at radius 1 is 1.35 bits per heavy atom. The molecule has 20 heavy (non-hydrogen) atoms. The number of nitrogens with one attached hydrogen (secondary N) is 1. The summed E-state index contributed by atoms with van der Waals surface area (Å²) in [4.78, 5) is 26.7. The molecule has 6 nitrogen and oxygen atoms in total. The van der Waals surface area contributed by atoms with Crippen LogP contribution in [0.1, 0.15) is 39.5 Å². The molecule has 1 unspecified atom stereocenters. The van der Waals surface area contributed by atoms with Crippen LogP contribution in [0.4, 0.5) is 4.79 Å². The first-order valence-corrected chi connectivity index (χ1v) is 7.53. The summed E-state index contributed by atoms with van der Waals surface area (Å²) in [6.07, 6.45) is 3.48. The van der Waals surface area contributed by atoms with Crippen molar-refractivity contribution < 1.29 is 14.7 Å². The highest BCUT2D eigenvalue weighted by molar-refractivity contribution is 5.75. The highest BCUT2D eigenvalue weighted by Gasteiger charge is 2.20. The molecule has 1 rings (SSSR count). The lowest BCUT2D eigenvalue weighted by atomic mass is 10.2. The second-order valence-electron chi connectivity index (χ2n) is 5.37. The van der Waals surface area contributed by atoms with Crippen LogP contribution in [0, 0.1) is 0 Å². The molecule has 1 aliphatic rings. The van der Waals surface area contributed by atoms with Gasteiger partial charge < -0.3 is 20.2 Å². The molecule has 0 aromatic heterocycles. The predicted molar refractivity (Wildman–Crippen MR) is 77.8 cm³/mol. The molecule has 0 aromatic rings. The molecular formula is C14H27N3O3. The topological polar surface area (TPSA) is 72.9 Å². The molecule has 2 N–H and O–H groups in total. The number of aliphatic carboxylic acids is 1. The van der Waals surface area contributed by atoms with E-state index in [1.807, 2.05) is 6.92 Å². The van der Waals surface area contributed by atoms with Crippen molar-refractivity contribution in [2.24, 2.45) is 0 Å². The van der Waals surface area contributed by atoms with Crippen molar-refractivity contribution in [3.63, 3.8) is 0 Å². The number of carboxylic acids is 1. The van der Waals surface area contributed by atoms with Crippen LogP contribution in [0.25, 0.3) is 0 Å². The molecule has 2 amide bonds. The Labute approximate surface area is 121 Å². The number of rotatable bonds is 8. The van der Waals surface area contributed by atoms with Gasteiger partial charge in [-0.3, -0.25) is 4.79 Å². The molecular weight excluding hydrogens is 258 g/mol. The molecule has 116 valence electrons. The smallest absolute Gasteiger partial charge is 0.317 e. The third-order valence-corrected chi connectivity index (χ3v) is 3.73. The quantitative estimate of drug-likeness (QED) is 0.661. The summed E-state index contributed by atoms with van der Waals surface area (Å²) in [5, 5.41) is 11.7. The van der Waals surface area contributed by atoms with E-state index in [1.165, 1.54) is 25.9 Å². The fourth-order valence-corrected chi connectivity index (χ4v) is 2.62. The van der Waals surface area contributed by atoms with Crippen molar-refractivity contribution in [1.82, 2.24) is 15.1 Å². The minimum absolute atomic E-state index is 0.0188. The first-order valence-electron chi connectivity index (χ1n) is 7.53. The Kier molecular flexibility index (Phi) is 7.36. The van der Waals surface area contributed by atoms with Crippen molar-refractivity contribution >= 4 is 12.0 Å². The summed E-state index contributed by atoms with van der Waals surface area (Å²) < 4.78 is 0. The molecule has 0 saturated carbocycles. The van der Waals surface area contributed by atoms with Crippen molar-refractivity contribution in [1.29, 1.82) is 0 Å². The highest BCUT2D eigenvalue weighted by Crippen LogP contribution is 2.07. The van der Waals surface area contributed by atoms with Gasteiger partial charge in [-0.05, 0) is 52.7 Å². The number of carbonyl (C=O) groups excluding carboxylic acids is 1. The van der Waals surface area contributed by atoms with Crippen LogP contribution >= 0.6 is 0 Å². The number of amides is 2. The first kappa shape index (κ1) is 16.8. The van der Waals surface area contributed by atoms with E-state index in [9.17, 15) is 9.59 Å². The lowest BCUT2D eigenvalue weighted by Gasteiger charge is -2.27. The van der Waals surface area contributed by atoms with E-state index in [1.54, 1.807) is 11.8 Å². The molecule has 0 bridgehead atoms. The normalized spacial score (nSPS) is 16.9. The molecule has 1 fully saturated rings. The number of carboxylic acid groups (broad SMARTS) is 1. The maximum Gasteiger partial charge on any atom is 0.317 e. The van der Waals surface area contributed by atoms with Gasteiger partial charge in [0.1, 0.15) is 0 Å². The van der Waals surface area contributed by atoms with Gasteiger partial charge in [-0.1, -0.05) is 0 Å². The number of likely N-dealkylation sites (tertiary alicyclic amines) is 1. The number of urea groups is 1. The Morgan fingerprint density at radius 3 is 2.55 bits per heavy atom. The van der Waals surface area contributed by atoms with Crippen LogP contribution in [0.15, 0.2) is 0 Å². The van der Waals surface area contributed by atoms with E-state index in [0.717, 1.165) is 13.0 Å². The van der Waals surface area contributed by atoms with Crippen molar-refractivity contribution in [2.45, 2.75) is 45.6 Å². The van der Waals surface area contributed by atoms with Gasteiger partial charge in [-0.15, -0.1) is 0 Å². The molecule has 0 aliphatic carbocycles. The lowest BCUT2D eigenvalue weighted by molar-refractivity contribution is -0.138. The van der Waals surface area contributed by atoms with Crippen molar-refractivity contribution in [3.8, 4) is 0 Å². The Morgan fingerprint density at radius 2 is 2.00 bits per heavy atom. The van der Waals surface area contributed by atoms with E-state index >= 15 is 0 Å². The van der Waals surface area contributed by atoms with E-state index in [4.69, 9.17) is 5.11 Å². The second kappa shape index (κ2) is 8.79. The molecule has 1 atom stereocenters. The molecule has 6 heteroatoms. The van der Waals surface area contributed by atoms with Crippen LogP contribution in [0.2, 0.25) is 0 Å². The minimum atomic E-state index is -0.877. The average Bonchev–Trinajstić information content (AvgIpc) is 2.87. The van der Waals surface area contributed by atoms with E-state index < -0.39 is 5.97 Å². The summed E-state index contributed by atoms with van der Waals surface area (Å²) in [5.41, 5.74) is 0. The zero-order valence-electron chi connectivity index (χ0n) is 12.6. The largest absolute Gasteiger partial charge is 0.481 e. The van der Waals surface area contributed by atoms with Gasteiger partial charge in [0.05, 0.1) is 6.42 Å². The number of hydrogen-bond acceptors (Lipinski definition) is 3. The van der Waals surface area contributed by atoms with Crippen LogP contribution < -0.4 is 5.32 Å². The zero-order chi connectivity index (χ0) is 15.0. The fraction of sp³-hybridized carbons (Fsp3) is 0.857. The standard InChI is InChI=1S/C14H27N3O3/c1-3-17(12(2)11-13(18)19)14(20)15-7-6-10-16-8-4-5-9-16/h12H,3-11H2,1-2H3,(H,15,20)(H,18,19). The number of carbonyl (C=O) groups is 2. The van der Waals surface area contributed by atoms with E-state index in [-0.39, 0.29) is 18.5 Å². The molecule has 0 aromatic carbocycles. The monoisotopic (exact) mass is 285 g/mol. The lowest BCUT2D eigenvalue weighted by Crippen LogP contribution is -2.46. The Balaban J connectivity index is 2.22. The predicted octanol–water partition coefficient (Wildman–Crippen LogP) is 1.37. The minimum Gasteiger partial charge on any atom is -0.481 e. The second-order valence-corrected chi connectivity index (χ2v) is 5.37. The van der Waals surface area contributed by atoms with Gasteiger partial charge in [0.15, 0.2) is 0 Å². The van der Waals surface area contributed by atoms with Gasteiger partial charge in [0, 0.05) is 19.1 Å². The maximum atomic E-state index is 12.0. The Hall–Kier alpha value is -1.30. The molecule has 1 saturated heterocycles. The van der Waals surface area contributed by atoms with Crippen LogP contribution in [-0.4, -0.2) is 65.7 Å². The first-order chi connectivity index (χ1) is 9.54. The summed E-state index contributed by atoms with van der Waals surface area (Å²) >= 11 is 0. The summed E-state index contributed by atoms with van der Waals surface area (Å²) in [6, 6.07) is -0.446. The third-order valence-electron chi connectivity index (χ3n) is 3.73. The number of nitrogens with zero attached hydrogens (tertiary/aromatic N) is 2. The molecule has 0 spiro atoms. The molecule has 1 heterocycles. The third kappa shape index (κ3) is 5.77. The van der Waals surface area contributed by atoms with Crippen LogP contribution in [-0.2, 0) is 4.79 Å². The fourth-order valence-electron chi connectivity index (χ4n) is 2.62. The molecule has 1 aliphatic heterocycles. The van der Waals surface area contributed by atoms with Gasteiger partial charge in [-0.2, -0.15) is 0 Å². The van der Waals surface area contributed by atoms with Gasteiger partial charge in [0.25, 0.3) is 0 Å². The average molecular weight is 285 g/mol. The summed E-state index contributed by atoms with van der Waals surface area (Å²) in [7, 11) is 0. The molecule has 0 radical (unpaired) electrons. The van der Waals surface area contributed by atoms with Crippen molar-refractivity contribution in [2.75, 3.05) is 32.7 Å². The zero-order valence-corrected chi connectivity index (χ0v) is 12.6. The van der Waals surface area contributed by atoms with Crippen LogP contribution in [0.5, 0.6) is 0 Å². The maximum absolute atomic E-state index is 12.0. The van der Waals surface area contributed by atoms with Gasteiger partial charge in [0.2, 0.25) is 0 Å². The van der Waals surface area contributed by atoms with Gasteiger partial charge in [-0.25, -0.2) is 4.79 Å².